The van der Waals surface area contributed by atoms with E-state index in [0.717, 1.165) is 23.7 Å². The fourth-order valence-corrected chi connectivity index (χ4v) is 3.18. The standard InChI is InChI=1S/C24H26N6O4/c25-24(32)18-3-1-5-21(13-18)29-23(16-30(33)34)28-20-8-6-17(7-9-20)10-12-27-15-22(31)19-4-2-11-26-14-19/h1-9,11,13-14,16,22,27-29,31H,10,12,15H2,(H2,25,32)/b23-16+/t22-/m0/s1. The Morgan fingerprint density at radius 2 is 1.88 bits per heavy atom. The van der Waals surface area contributed by atoms with Gasteiger partial charge in [-0.15, -0.1) is 0 Å². The first-order valence-corrected chi connectivity index (χ1v) is 10.6. The number of aliphatic hydroxyl groups is 1. The summed E-state index contributed by atoms with van der Waals surface area (Å²) in [5.74, 6) is -0.460. The molecule has 0 saturated heterocycles. The van der Waals surface area contributed by atoms with Gasteiger partial charge in [-0.25, -0.2) is 0 Å². The van der Waals surface area contributed by atoms with Crippen LogP contribution < -0.4 is 21.7 Å². The Morgan fingerprint density at radius 3 is 2.56 bits per heavy atom. The van der Waals surface area contributed by atoms with Gasteiger partial charge in [0.1, 0.15) is 0 Å². The minimum absolute atomic E-state index is 0.130. The van der Waals surface area contributed by atoms with Crippen molar-refractivity contribution >= 4 is 17.3 Å². The second-order valence-corrected chi connectivity index (χ2v) is 7.48. The predicted octanol–water partition coefficient (Wildman–Crippen LogP) is 2.65. The van der Waals surface area contributed by atoms with Crippen LogP contribution in [0.25, 0.3) is 0 Å². The van der Waals surface area contributed by atoms with E-state index < -0.39 is 16.9 Å². The largest absolute Gasteiger partial charge is 0.387 e. The van der Waals surface area contributed by atoms with E-state index in [4.69, 9.17) is 5.73 Å². The SMILES string of the molecule is NC(=O)c1cccc(N/C(=C/[N+](=O)[O-])Nc2ccc(CCNC[C@H](O)c3cccnc3)cc2)c1. The van der Waals surface area contributed by atoms with Crippen LogP contribution in [-0.2, 0) is 6.42 Å². The molecule has 0 fully saturated rings. The third-order valence-electron chi connectivity index (χ3n) is 4.89. The minimum atomic E-state index is -0.622. The first-order chi connectivity index (χ1) is 16.4. The molecule has 1 atom stereocenters. The number of anilines is 2. The third kappa shape index (κ3) is 7.69. The molecule has 1 aromatic heterocycles. The molecule has 0 aliphatic rings. The van der Waals surface area contributed by atoms with Gasteiger partial charge in [0, 0.05) is 41.4 Å². The molecule has 0 spiro atoms. The van der Waals surface area contributed by atoms with Crippen LogP contribution in [0.4, 0.5) is 11.4 Å². The number of carbonyl (C=O) groups is 1. The summed E-state index contributed by atoms with van der Waals surface area (Å²) in [5.41, 5.74) is 8.54. The fourth-order valence-electron chi connectivity index (χ4n) is 3.18. The molecule has 0 aliphatic heterocycles. The van der Waals surface area contributed by atoms with Crippen molar-refractivity contribution in [3.05, 3.63) is 112 Å². The lowest BCUT2D eigenvalue weighted by atomic mass is 10.1. The van der Waals surface area contributed by atoms with Crippen LogP contribution in [0.2, 0.25) is 0 Å². The Morgan fingerprint density at radius 1 is 1.12 bits per heavy atom. The average molecular weight is 463 g/mol. The highest BCUT2D eigenvalue weighted by Gasteiger charge is 2.08. The molecule has 1 heterocycles. The molecule has 10 heteroatoms. The number of primary amides is 1. The van der Waals surface area contributed by atoms with Gasteiger partial charge in [0.25, 0.3) is 6.20 Å². The van der Waals surface area contributed by atoms with E-state index in [2.05, 4.69) is 20.9 Å². The first-order valence-electron chi connectivity index (χ1n) is 10.6. The average Bonchev–Trinajstić information content (AvgIpc) is 2.83. The zero-order valence-electron chi connectivity index (χ0n) is 18.3. The number of nitro groups is 1. The zero-order valence-corrected chi connectivity index (χ0v) is 18.3. The summed E-state index contributed by atoms with van der Waals surface area (Å²) >= 11 is 0. The van der Waals surface area contributed by atoms with Crippen molar-refractivity contribution in [1.29, 1.82) is 0 Å². The maximum atomic E-state index is 11.4. The van der Waals surface area contributed by atoms with E-state index in [0.29, 0.717) is 24.5 Å². The first kappa shape index (κ1) is 24.4. The van der Waals surface area contributed by atoms with E-state index in [9.17, 15) is 20.0 Å². The zero-order chi connectivity index (χ0) is 24.3. The van der Waals surface area contributed by atoms with Crippen LogP contribution in [0, 0.1) is 10.1 Å². The molecule has 3 rings (SSSR count). The van der Waals surface area contributed by atoms with Crippen LogP contribution in [0.1, 0.15) is 27.6 Å². The molecule has 0 unspecified atom stereocenters. The molecule has 176 valence electrons. The second-order valence-electron chi connectivity index (χ2n) is 7.48. The summed E-state index contributed by atoms with van der Waals surface area (Å²) in [6, 6.07) is 17.4. The molecule has 3 aromatic rings. The number of rotatable bonds is 12. The molecule has 6 N–H and O–H groups in total. The topological polar surface area (TPSA) is 155 Å². The van der Waals surface area contributed by atoms with Gasteiger partial charge in [-0.3, -0.25) is 19.9 Å². The summed E-state index contributed by atoms with van der Waals surface area (Å²) in [5, 5.41) is 30.3. The van der Waals surface area contributed by atoms with Crippen molar-refractivity contribution in [2.24, 2.45) is 5.73 Å². The number of hydrogen-bond acceptors (Lipinski definition) is 8. The predicted molar refractivity (Wildman–Crippen MR) is 129 cm³/mol. The number of pyridine rings is 1. The van der Waals surface area contributed by atoms with Crippen molar-refractivity contribution in [2.75, 3.05) is 23.7 Å². The van der Waals surface area contributed by atoms with Gasteiger partial charge >= 0.3 is 0 Å². The van der Waals surface area contributed by atoms with E-state index in [1.807, 2.05) is 30.3 Å². The van der Waals surface area contributed by atoms with Crippen LogP contribution in [0.3, 0.4) is 0 Å². The molecule has 2 aromatic carbocycles. The summed E-state index contributed by atoms with van der Waals surface area (Å²) in [6.45, 7) is 1.09. The highest BCUT2D eigenvalue weighted by atomic mass is 16.6. The van der Waals surface area contributed by atoms with Gasteiger partial charge in [0.15, 0.2) is 5.82 Å². The van der Waals surface area contributed by atoms with Gasteiger partial charge in [-0.1, -0.05) is 24.3 Å². The number of aliphatic hydroxyl groups excluding tert-OH is 1. The monoisotopic (exact) mass is 462 g/mol. The molecule has 0 bridgehead atoms. The van der Waals surface area contributed by atoms with Crippen LogP contribution in [0.15, 0.2) is 85.1 Å². The normalized spacial score (nSPS) is 12.1. The molecule has 10 nitrogen and oxygen atoms in total. The molecule has 1 amide bonds. The number of aromatic nitrogens is 1. The van der Waals surface area contributed by atoms with Crippen molar-refractivity contribution in [3.8, 4) is 0 Å². The minimum Gasteiger partial charge on any atom is -0.387 e. The number of benzene rings is 2. The van der Waals surface area contributed by atoms with Crippen molar-refractivity contribution < 1.29 is 14.8 Å². The van der Waals surface area contributed by atoms with E-state index in [1.165, 1.54) is 6.07 Å². The lowest BCUT2D eigenvalue weighted by molar-refractivity contribution is -0.403. The summed E-state index contributed by atoms with van der Waals surface area (Å²) in [4.78, 5) is 25.8. The summed E-state index contributed by atoms with van der Waals surface area (Å²) in [7, 11) is 0. The number of hydrogen-bond donors (Lipinski definition) is 5. The Hall–Kier alpha value is -4.28. The summed E-state index contributed by atoms with van der Waals surface area (Å²) in [6.07, 6.45) is 4.24. The smallest absolute Gasteiger partial charge is 0.274 e. The molecular formula is C24H26N6O4. The van der Waals surface area contributed by atoms with Gasteiger partial charge in [0.2, 0.25) is 5.91 Å². The van der Waals surface area contributed by atoms with Crippen LogP contribution in [-0.4, -0.2) is 34.0 Å². The number of nitrogens with one attached hydrogen (secondary N) is 3. The third-order valence-corrected chi connectivity index (χ3v) is 4.89. The Kier molecular flexibility index (Phi) is 8.67. The highest BCUT2D eigenvalue weighted by molar-refractivity contribution is 5.93. The van der Waals surface area contributed by atoms with E-state index >= 15 is 0 Å². The molecular weight excluding hydrogens is 436 g/mol. The van der Waals surface area contributed by atoms with Crippen molar-refractivity contribution in [1.82, 2.24) is 10.3 Å². The number of nitrogens with two attached hydrogens (primary N) is 1. The highest BCUT2D eigenvalue weighted by Crippen LogP contribution is 2.17. The van der Waals surface area contributed by atoms with Gasteiger partial charge in [-0.2, -0.15) is 0 Å². The molecule has 0 aliphatic carbocycles. The molecule has 0 saturated carbocycles. The van der Waals surface area contributed by atoms with E-state index in [1.54, 1.807) is 36.7 Å². The lowest BCUT2D eigenvalue weighted by Crippen LogP contribution is -2.23. The second kappa shape index (κ2) is 12.1. The van der Waals surface area contributed by atoms with Crippen molar-refractivity contribution in [2.45, 2.75) is 12.5 Å². The Bertz CT molecular complexity index is 1140. The van der Waals surface area contributed by atoms with Gasteiger partial charge < -0.3 is 26.8 Å². The maximum absolute atomic E-state index is 11.4. The maximum Gasteiger partial charge on any atom is 0.274 e. The summed E-state index contributed by atoms with van der Waals surface area (Å²) < 4.78 is 0. The fraction of sp³-hybridized carbons (Fsp3) is 0.167. The van der Waals surface area contributed by atoms with Gasteiger partial charge in [-0.05, 0) is 54.9 Å². The number of amides is 1. The van der Waals surface area contributed by atoms with Crippen LogP contribution >= 0.6 is 0 Å². The Balaban J connectivity index is 1.53. The number of carbonyl (C=O) groups excluding carboxylic acids is 1. The lowest BCUT2D eigenvalue weighted by Gasteiger charge is -2.13. The Labute approximate surface area is 196 Å². The van der Waals surface area contributed by atoms with Crippen molar-refractivity contribution in [3.63, 3.8) is 0 Å². The molecule has 0 radical (unpaired) electrons. The van der Waals surface area contributed by atoms with Crippen LogP contribution in [0.5, 0.6) is 0 Å². The number of nitrogens with zero attached hydrogens (tertiary/aromatic N) is 2. The van der Waals surface area contributed by atoms with Gasteiger partial charge in [0.05, 0.1) is 11.0 Å². The quantitative estimate of drug-likeness (QED) is 0.156. The van der Waals surface area contributed by atoms with E-state index in [-0.39, 0.29) is 11.4 Å². The molecule has 34 heavy (non-hydrogen) atoms.